The first-order valence-corrected chi connectivity index (χ1v) is 27.6. The molecule has 2 saturated carbocycles. The highest BCUT2D eigenvalue weighted by Crippen LogP contribution is 2.45. The van der Waals surface area contributed by atoms with Crippen molar-refractivity contribution in [2.75, 3.05) is 0 Å². The van der Waals surface area contributed by atoms with Gasteiger partial charge in [0, 0.05) is 70.5 Å². The first-order chi connectivity index (χ1) is 37.1. The molecule has 0 spiro atoms. The highest BCUT2D eigenvalue weighted by atomic mass is 15.1. The van der Waals surface area contributed by atoms with Crippen molar-refractivity contribution >= 4 is 82.5 Å². The zero-order valence-electron chi connectivity index (χ0n) is 42.5. The number of allylic oxidation sites excluding steroid dienone is 1. The van der Waals surface area contributed by atoms with E-state index in [9.17, 15) is 0 Å². The highest BCUT2D eigenvalue weighted by molar-refractivity contribution is 6.22. The largest absolute Gasteiger partial charge is 0.295 e. The molecular weight excluding hydrogens is 917 g/mol. The Labute approximate surface area is 436 Å². The van der Waals surface area contributed by atoms with Gasteiger partial charge in [0.2, 0.25) is 0 Å². The summed E-state index contributed by atoms with van der Waals surface area (Å²) in [5, 5.41) is 6.68. The molecular formula is C67H58N8. The molecule has 6 aromatic heterocycles. The summed E-state index contributed by atoms with van der Waals surface area (Å²) in [7, 11) is 0. The number of fused-ring (bicyclic) bond motifs is 14. The Balaban J connectivity index is 0.945. The van der Waals surface area contributed by atoms with Gasteiger partial charge in [0.25, 0.3) is 0 Å². The second-order valence-corrected chi connectivity index (χ2v) is 21.8. The molecule has 15 rings (SSSR count). The fraction of sp³-hybridized carbons (Fsp3) is 0.254. The van der Waals surface area contributed by atoms with E-state index in [1.54, 1.807) is 0 Å². The maximum Gasteiger partial charge on any atom is 0.118 e. The van der Waals surface area contributed by atoms with Gasteiger partial charge in [-0.05, 0) is 167 Å². The predicted molar refractivity (Wildman–Crippen MR) is 307 cm³/mol. The minimum Gasteiger partial charge on any atom is -0.295 e. The van der Waals surface area contributed by atoms with Gasteiger partial charge in [0.05, 0.1) is 44.1 Å². The molecule has 75 heavy (non-hydrogen) atoms. The third-order valence-electron chi connectivity index (χ3n) is 17.5. The molecule has 0 N–H and O–H groups in total. The quantitative estimate of drug-likeness (QED) is 0.141. The van der Waals surface area contributed by atoms with Gasteiger partial charge in [-0.1, -0.05) is 106 Å². The van der Waals surface area contributed by atoms with Gasteiger partial charge in [-0.15, -0.1) is 0 Å². The summed E-state index contributed by atoms with van der Waals surface area (Å²) in [5.41, 5.74) is 18.1. The molecule has 0 amide bonds. The number of rotatable bonds is 8. The highest BCUT2D eigenvalue weighted by Gasteiger charge is 2.29. The fourth-order valence-electron chi connectivity index (χ4n) is 14.0. The van der Waals surface area contributed by atoms with Crippen LogP contribution in [0.3, 0.4) is 0 Å². The Hall–Kier alpha value is -8.10. The van der Waals surface area contributed by atoms with Crippen LogP contribution in [0.2, 0.25) is 0 Å². The van der Waals surface area contributed by atoms with E-state index in [1.807, 2.05) is 43.0 Å². The molecule has 12 aromatic rings. The normalized spacial score (nSPS) is 16.6. The van der Waals surface area contributed by atoms with Crippen LogP contribution in [0.4, 0.5) is 0 Å². The molecule has 1 atom stereocenters. The van der Waals surface area contributed by atoms with Crippen LogP contribution in [0, 0.1) is 0 Å². The van der Waals surface area contributed by atoms with E-state index in [-0.39, 0.29) is 5.92 Å². The second-order valence-electron chi connectivity index (χ2n) is 21.8. The average Bonchev–Trinajstić information content (AvgIpc) is 4.07. The van der Waals surface area contributed by atoms with Crippen molar-refractivity contribution in [3.05, 3.63) is 197 Å². The first-order valence-electron chi connectivity index (χ1n) is 27.6. The summed E-state index contributed by atoms with van der Waals surface area (Å²) in [5.74, 6) is 3.53. The number of pyridine rings is 4. The molecule has 2 fully saturated rings. The summed E-state index contributed by atoms with van der Waals surface area (Å²) < 4.78 is 4.90. The third kappa shape index (κ3) is 7.23. The van der Waals surface area contributed by atoms with Crippen LogP contribution in [0.5, 0.6) is 0 Å². The molecule has 0 saturated heterocycles. The lowest BCUT2D eigenvalue weighted by Gasteiger charge is -2.27. The van der Waals surface area contributed by atoms with Gasteiger partial charge >= 0.3 is 0 Å². The lowest BCUT2D eigenvalue weighted by atomic mass is 9.78. The number of hydrogen-bond donors (Lipinski definition) is 0. The molecule has 3 aliphatic carbocycles. The van der Waals surface area contributed by atoms with E-state index in [2.05, 4.69) is 131 Å². The van der Waals surface area contributed by atoms with Crippen molar-refractivity contribution in [3.63, 3.8) is 0 Å². The van der Waals surface area contributed by atoms with Gasteiger partial charge in [-0.25, -0.2) is 9.97 Å². The minimum absolute atomic E-state index is 0.280. The Morgan fingerprint density at radius 1 is 0.427 bits per heavy atom. The van der Waals surface area contributed by atoms with Gasteiger partial charge < -0.3 is 0 Å². The molecule has 8 nitrogen and oxygen atoms in total. The van der Waals surface area contributed by atoms with Gasteiger partial charge in [-0.2, -0.15) is 0 Å². The van der Waals surface area contributed by atoms with Crippen LogP contribution in [0.1, 0.15) is 140 Å². The third-order valence-corrected chi connectivity index (χ3v) is 17.5. The first kappa shape index (κ1) is 44.4. The monoisotopic (exact) mass is 974 g/mol. The van der Waals surface area contributed by atoms with E-state index in [0.29, 0.717) is 24.7 Å². The number of benzene rings is 6. The molecule has 3 aliphatic rings. The summed E-state index contributed by atoms with van der Waals surface area (Å²) in [6.45, 7) is 2.41. The van der Waals surface area contributed by atoms with E-state index >= 15 is 0 Å². The molecule has 8 heteroatoms. The van der Waals surface area contributed by atoms with Crippen LogP contribution in [0.25, 0.3) is 93.9 Å². The van der Waals surface area contributed by atoms with E-state index in [4.69, 9.17) is 29.9 Å². The smallest absolute Gasteiger partial charge is 0.118 e. The number of aromatic nitrogens is 8. The van der Waals surface area contributed by atoms with Crippen LogP contribution in [-0.4, -0.2) is 39.0 Å². The zero-order chi connectivity index (χ0) is 49.6. The van der Waals surface area contributed by atoms with Crippen molar-refractivity contribution in [2.45, 2.75) is 108 Å². The lowest BCUT2D eigenvalue weighted by Crippen LogP contribution is -2.13. The predicted octanol–water partition coefficient (Wildman–Crippen LogP) is 16.5. The van der Waals surface area contributed by atoms with E-state index in [1.165, 1.54) is 108 Å². The Kier molecular flexibility index (Phi) is 10.7. The molecule has 0 radical (unpaired) electrons. The second kappa shape index (κ2) is 18.1. The maximum atomic E-state index is 5.75. The maximum absolute atomic E-state index is 5.75. The summed E-state index contributed by atoms with van der Waals surface area (Å²) in [4.78, 5) is 31.3. The Bertz CT molecular complexity index is 4250. The van der Waals surface area contributed by atoms with Crippen molar-refractivity contribution in [1.82, 2.24) is 39.0 Å². The summed E-state index contributed by atoms with van der Waals surface area (Å²) in [6.07, 6.45) is 27.6. The Morgan fingerprint density at radius 2 is 0.840 bits per heavy atom. The van der Waals surface area contributed by atoms with Crippen LogP contribution < -0.4 is 0 Å². The molecule has 0 bridgehead atoms. The van der Waals surface area contributed by atoms with Crippen molar-refractivity contribution in [3.8, 4) is 11.4 Å². The van der Waals surface area contributed by atoms with Gasteiger partial charge in [0.15, 0.2) is 0 Å². The van der Waals surface area contributed by atoms with Crippen molar-refractivity contribution < 1.29 is 0 Å². The van der Waals surface area contributed by atoms with Crippen LogP contribution in [0.15, 0.2) is 152 Å². The van der Waals surface area contributed by atoms with Gasteiger partial charge in [-0.3, -0.25) is 29.1 Å². The number of nitrogens with zero attached hydrogens (tertiary/aromatic N) is 8. The molecule has 0 aliphatic heterocycles. The number of imidazole rings is 2. The molecule has 6 aromatic carbocycles. The van der Waals surface area contributed by atoms with Crippen LogP contribution in [-0.2, 0) is 12.8 Å². The summed E-state index contributed by atoms with van der Waals surface area (Å²) in [6, 6.07) is 45.0. The lowest BCUT2D eigenvalue weighted by molar-refractivity contribution is 0.443. The zero-order valence-corrected chi connectivity index (χ0v) is 42.5. The number of hydrogen-bond acceptors (Lipinski definition) is 6. The molecule has 366 valence electrons. The Morgan fingerprint density at radius 3 is 1.32 bits per heavy atom. The SMILES string of the molecule is CC1CC=Cc2c1c(Cc1nc3c4cccnc4c4ncccc4c3n1-c1ccc(C3CCCCC3)cc1)c1ccccc1c2Cc1nc2c3cccnc3c3ncccc3c2n1-c1ccc(C2CCCCC2)cc1. The van der Waals surface area contributed by atoms with E-state index in [0.717, 1.165) is 95.1 Å². The van der Waals surface area contributed by atoms with Gasteiger partial charge in [0.1, 0.15) is 11.6 Å². The average molecular weight is 975 g/mol. The van der Waals surface area contributed by atoms with E-state index < -0.39 is 0 Å². The molecule has 1 unspecified atom stereocenters. The fourth-order valence-corrected chi connectivity index (χ4v) is 14.0. The molecule has 6 heterocycles. The minimum atomic E-state index is 0.280. The van der Waals surface area contributed by atoms with Crippen molar-refractivity contribution in [2.24, 2.45) is 0 Å². The van der Waals surface area contributed by atoms with Crippen LogP contribution >= 0.6 is 0 Å². The topological polar surface area (TPSA) is 87.2 Å². The summed E-state index contributed by atoms with van der Waals surface area (Å²) >= 11 is 0. The van der Waals surface area contributed by atoms with Crippen molar-refractivity contribution in [1.29, 1.82) is 0 Å². The standard InChI is InChI=1S/C67H58N8/c1-41-15-10-22-50-55(39-57-72-64-51-23-11-35-68-60(51)62-53(25-13-37-70-62)66(64)74(57)46-31-27-44(28-32-46)42-16-4-2-5-17-42)48-20-8-9-21-49(48)56(59(41)50)40-58-73-65-52-24-12-36-69-61(52)63-54(26-14-38-71-63)67(65)75(58)47-33-29-45(30-34-47)43-18-6-3-7-19-43/h8-14,20-38,41-43H,2-7,15-19,39-40H2,1H3.